The van der Waals surface area contributed by atoms with Gasteiger partial charge in [0.25, 0.3) is 0 Å². The molecule has 0 aliphatic carbocycles. The Kier molecular flexibility index (Phi) is 8.06. The summed E-state index contributed by atoms with van der Waals surface area (Å²) in [7, 11) is 0. The van der Waals surface area contributed by atoms with Crippen LogP contribution in [0.5, 0.6) is 0 Å². The molecule has 1 saturated heterocycles. The summed E-state index contributed by atoms with van der Waals surface area (Å²) in [5.74, 6) is 1.56. The number of nitrogens with one attached hydrogen (secondary N) is 2. The molecule has 2 N–H and O–H groups in total. The van der Waals surface area contributed by atoms with Crippen molar-refractivity contribution in [2.24, 2.45) is 10.9 Å². The summed E-state index contributed by atoms with van der Waals surface area (Å²) in [5, 5.41) is 7.17. The Labute approximate surface area is 155 Å². The fraction of sp³-hybridized carbons (Fsp3) is 0.579. The Hall–Kier alpha value is -1.75. The van der Waals surface area contributed by atoms with E-state index in [2.05, 4.69) is 22.5 Å². The molecular formula is C19H29ClN4O. The van der Waals surface area contributed by atoms with Crippen LogP contribution >= 0.6 is 11.6 Å². The van der Waals surface area contributed by atoms with Crippen LogP contribution in [-0.4, -0.2) is 42.9 Å². The van der Waals surface area contributed by atoms with Gasteiger partial charge in [0, 0.05) is 37.6 Å². The van der Waals surface area contributed by atoms with E-state index in [1.165, 1.54) is 6.42 Å². The molecule has 2 rings (SSSR count). The second-order valence-electron chi connectivity index (χ2n) is 6.59. The van der Waals surface area contributed by atoms with Gasteiger partial charge in [-0.25, -0.2) is 4.99 Å². The number of likely N-dealkylation sites (tertiary alicyclic amines) is 1. The number of hydrogen-bond acceptors (Lipinski definition) is 2. The highest BCUT2D eigenvalue weighted by Crippen LogP contribution is 2.16. The van der Waals surface area contributed by atoms with Gasteiger partial charge in [0.1, 0.15) is 0 Å². The fourth-order valence-corrected chi connectivity index (χ4v) is 3.22. The molecule has 1 fully saturated rings. The van der Waals surface area contributed by atoms with E-state index in [1.54, 1.807) is 0 Å². The predicted octanol–water partition coefficient (Wildman–Crippen LogP) is 3.04. The maximum Gasteiger partial charge on any atom is 0.224 e. The number of nitrogens with zero attached hydrogens (tertiary/aromatic N) is 2. The van der Waals surface area contributed by atoms with Crippen LogP contribution in [0.25, 0.3) is 0 Å². The third-order valence-corrected chi connectivity index (χ3v) is 4.53. The Balaban J connectivity index is 1.80. The highest BCUT2D eigenvalue weighted by Gasteiger charge is 2.20. The largest absolute Gasteiger partial charge is 0.357 e. The molecule has 0 bridgehead atoms. The molecule has 0 radical (unpaired) electrons. The smallest absolute Gasteiger partial charge is 0.224 e. The van der Waals surface area contributed by atoms with E-state index in [-0.39, 0.29) is 5.91 Å². The van der Waals surface area contributed by atoms with Gasteiger partial charge < -0.3 is 15.5 Å². The molecule has 0 spiro atoms. The molecule has 1 aliphatic rings. The van der Waals surface area contributed by atoms with Crippen LogP contribution in [-0.2, 0) is 11.3 Å². The first-order valence-electron chi connectivity index (χ1n) is 9.13. The molecule has 1 atom stereocenters. The summed E-state index contributed by atoms with van der Waals surface area (Å²) in [5.41, 5.74) is 1.06. The maximum atomic E-state index is 12.3. The van der Waals surface area contributed by atoms with Crippen LogP contribution in [0.4, 0.5) is 0 Å². The van der Waals surface area contributed by atoms with Crippen LogP contribution in [0.3, 0.4) is 0 Å². The molecule has 1 aliphatic heterocycles. The van der Waals surface area contributed by atoms with Crippen molar-refractivity contribution < 1.29 is 4.79 Å². The molecule has 6 heteroatoms. The number of aliphatic imine (C=N–C) groups is 1. The summed E-state index contributed by atoms with van der Waals surface area (Å²) in [6.45, 7) is 7.94. The lowest BCUT2D eigenvalue weighted by Gasteiger charge is -2.31. The summed E-state index contributed by atoms with van der Waals surface area (Å²) in [6, 6.07) is 7.69. The summed E-state index contributed by atoms with van der Waals surface area (Å²) >= 11 is 6.00. The standard InChI is InChI=1S/C19H29ClN4O/c1-3-21-19(23-13-16-7-4-8-17(20)12-16)22-10-9-18(25)24-11-5-6-15(2)14-24/h4,7-8,12,15H,3,5-6,9-11,13-14H2,1-2H3,(H2,21,22,23). The SMILES string of the molecule is CCNC(=NCc1cccc(Cl)c1)NCCC(=O)N1CCCC(C)C1. The van der Waals surface area contributed by atoms with Crippen molar-refractivity contribution in [2.45, 2.75) is 39.7 Å². The average Bonchev–Trinajstić information content (AvgIpc) is 2.59. The quantitative estimate of drug-likeness (QED) is 0.602. The van der Waals surface area contributed by atoms with Crippen molar-refractivity contribution >= 4 is 23.5 Å². The minimum absolute atomic E-state index is 0.227. The van der Waals surface area contributed by atoms with Crippen molar-refractivity contribution in [3.05, 3.63) is 34.9 Å². The molecule has 1 unspecified atom stereocenters. The van der Waals surface area contributed by atoms with Crippen LogP contribution < -0.4 is 10.6 Å². The molecule has 1 aromatic carbocycles. The van der Waals surface area contributed by atoms with Crippen LogP contribution in [0.15, 0.2) is 29.3 Å². The molecule has 1 heterocycles. The van der Waals surface area contributed by atoms with Crippen molar-refractivity contribution in [1.29, 1.82) is 0 Å². The van der Waals surface area contributed by atoms with Gasteiger partial charge in [-0.1, -0.05) is 30.7 Å². The van der Waals surface area contributed by atoms with E-state index in [0.717, 1.165) is 37.6 Å². The second kappa shape index (κ2) is 10.3. The van der Waals surface area contributed by atoms with Gasteiger partial charge in [-0.05, 0) is 43.4 Å². The Morgan fingerprint density at radius 3 is 2.96 bits per heavy atom. The number of hydrogen-bond donors (Lipinski definition) is 2. The lowest BCUT2D eigenvalue weighted by atomic mass is 10.00. The second-order valence-corrected chi connectivity index (χ2v) is 7.03. The Morgan fingerprint density at radius 1 is 1.40 bits per heavy atom. The average molecular weight is 365 g/mol. The molecule has 1 amide bonds. The highest BCUT2D eigenvalue weighted by atomic mass is 35.5. The lowest BCUT2D eigenvalue weighted by Crippen LogP contribution is -2.42. The zero-order valence-electron chi connectivity index (χ0n) is 15.2. The number of amides is 1. The first kappa shape index (κ1) is 19.6. The number of halogens is 1. The molecule has 1 aromatic rings. The molecule has 25 heavy (non-hydrogen) atoms. The van der Waals surface area contributed by atoms with E-state index < -0.39 is 0 Å². The monoisotopic (exact) mass is 364 g/mol. The predicted molar refractivity (Wildman–Crippen MR) is 104 cm³/mol. The van der Waals surface area contributed by atoms with Crippen molar-refractivity contribution in [3.8, 4) is 0 Å². The number of guanidine groups is 1. The van der Waals surface area contributed by atoms with Crippen LogP contribution in [0.2, 0.25) is 5.02 Å². The fourth-order valence-electron chi connectivity index (χ4n) is 3.01. The van der Waals surface area contributed by atoms with E-state index in [0.29, 0.717) is 30.5 Å². The van der Waals surface area contributed by atoms with Gasteiger partial charge in [-0.3, -0.25) is 4.79 Å². The topological polar surface area (TPSA) is 56.7 Å². The third kappa shape index (κ3) is 6.94. The number of benzene rings is 1. The first-order chi connectivity index (χ1) is 12.1. The number of piperidine rings is 1. The lowest BCUT2D eigenvalue weighted by molar-refractivity contribution is -0.132. The van der Waals surface area contributed by atoms with Gasteiger partial charge in [0.05, 0.1) is 6.54 Å². The first-order valence-corrected chi connectivity index (χ1v) is 9.50. The number of rotatable bonds is 6. The van der Waals surface area contributed by atoms with E-state index in [1.807, 2.05) is 36.1 Å². The van der Waals surface area contributed by atoms with Gasteiger partial charge in [0.15, 0.2) is 5.96 Å². The van der Waals surface area contributed by atoms with E-state index >= 15 is 0 Å². The normalized spacial score (nSPS) is 18.1. The van der Waals surface area contributed by atoms with Crippen molar-refractivity contribution in [2.75, 3.05) is 26.2 Å². The van der Waals surface area contributed by atoms with E-state index in [9.17, 15) is 4.79 Å². The minimum atomic E-state index is 0.227. The van der Waals surface area contributed by atoms with E-state index in [4.69, 9.17) is 11.6 Å². The van der Waals surface area contributed by atoms with Crippen LogP contribution in [0.1, 0.15) is 38.7 Å². The molecular weight excluding hydrogens is 336 g/mol. The van der Waals surface area contributed by atoms with Crippen LogP contribution in [0, 0.1) is 5.92 Å². The summed E-state index contributed by atoms with van der Waals surface area (Å²) < 4.78 is 0. The molecule has 0 saturated carbocycles. The van der Waals surface area contributed by atoms with Gasteiger partial charge in [-0.15, -0.1) is 0 Å². The minimum Gasteiger partial charge on any atom is -0.357 e. The Bertz CT molecular complexity index is 591. The number of carbonyl (C=O) groups is 1. The van der Waals surface area contributed by atoms with Gasteiger partial charge in [0.2, 0.25) is 5.91 Å². The maximum absolute atomic E-state index is 12.3. The third-order valence-electron chi connectivity index (χ3n) is 4.29. The van der Waals surface area contributed by atoms with Gasteiger partial charge in [-0.2, -0.15) is 0 Å². The molecule has 5 nitrogen and oxygen atoms in total. The van der Waals surface area contributed by atoms with Gasteiger partial charge >= 0.3 is 0 Å². The zero-order valence-corrected chi connectivity index (χ0v) is 16.0. The summed E-state index contributed by atoms with van der Waals surface area (Å²) in [4.78, 5) is 18.9. The molecule has 138 valence electrons. The van der Waals surface area contributed by atoms with Crippen molar-refractivity contribution in [1.82, 2.24) is 15.5 Å². The zero-order chi connectivity index (χ0) is 18.1. The summed E-state index contributed by atoms with van der Waals surface area (Å²) in [6.07, 6.45) is 2.83. The highest BCUT2D eigenvalue weighted by molar-refractivity contribution is 6.30. The number of carbonyl (C=O) groups excluding carboxylic acids is 1. The molecule has 0 aromatic heterocycles. The Morgan fingerprint density at radius 2 is 2.24 bits per heavy atom. The van der Waals surface area contributed by atoms with Crippen molar-refractivity contribution in [3.63, 3.8) is 0 Å².